The van der Waals surface area contributed by atoms with Crippen LogP contribution in [0.4, 0.5) is 0 Å². The molecule has 0 aromatic rings. The Morgan fingerprint density at radius 1 is 0.894 bits per heavy atom. The van der Waals surface area contributed by atoms with Crippen LogP contribution in [0, 0.1) is 5.92 Å². The molecule has 0 bridgehead atoms. The number of carboxylic acids is 1. The molecule has 14 N–H and O–H groups in total. The highest BCUT2D eigenvalue weighted by molar-refractivity contribution is 5.97. The summed E-state index contributed by atoms with van der Waals surface area (Å²) in [5.41, 5.74) is 21.7. The fourth-order valence-electron chi connectivity index (χ4n) is 4.85. The predicted molar refractivity (Wildman–Crippen MR) is 169 cm³/mol. The number of likely N-dealkylation sites (tertiary alicyclic amines) is 1. The summed E-state index contributed by atoms with van der Waals surface area (Å²) in [7, 11) is 0. The minimum atomic E-state index is -1.68. The van der Waals surface area contributed by atoms with Gasteiger partial charge in [0.15, 0.2) is 5.96 Å². The standard InChI is InChI=1S/C28H50N10O9/c1-5-13(2)20(36-23(43)14(3)29)26(46)34-16(8-6-10-33-28(31)32)27(47)38-11-7-9-18(38)25(45)35-17(12-19(40)41)24(44)37-21(15(4)39)22(30)42/h13-18,20-21,39H,5-12,29H2,1-4H3,(H2,30,42)(H,34,46)(H,35,45)(H,36,43)(H,37,44)(H,40,41)(H4,31,32,33)/t13-,14-,15+,16-,17-,18-,20-,21-/m0/s1. The topological polar surface area (TPSA) is 328 Å². The van der Waals surface area contributed by atoms with E-state index in [1.165, 1.54) is 18.7 Å². The Labute approximate surface area is 273 Å². The van der Waals surface area contributed by atoms with Crippen molar-refractivity contribution in [2.45, 2.75) is 109 Å². The van der Waals surface area contributed by atoms with Crippen molar-refractivity contribution < 1.29 is 43.8 Å². The van der Waals surface area contributed by atoms with Gasteiger partial charge in [-0.15, -0.1) is 0 Å². The van der Waals surface area contributed by atoms with Gasteiger partial charge in [0.2, 0.25) is 35.4 Å². The molecule has 0 radical (unpaired) electrons. The fourth-order valence-corrected chi connectivity index (χ4v) is 4.85. The lowest BCUT2D eigenvalue weighted by Crippen LogP contribution is -2.60. The van der Waals surface area contributed by atoms with E-state index in [-0.39, 0.29) is 44.2 Å². The maximum absolute atomic E-state index is 13.9. The van der Waals surface area contributed by atoms with Crippen molar-refractivity contribution in [3.63, 3.8) is 0 Å². The van der Waals surface area contributed by atoms with E-state index in [1.807, 2.05) is 6.92 Å². The van der Waals surface area contributed by atoms with E-state index >= 15 is 0 Å². The number of aliphatic carboxylic acids is 1. The first-order chi connectivity index (χ1) is 21.9. The van der Waals surface area contributed by atoms with Gasteiger partial charge in [-0.1, -0.05) is 20.3 Å². The van der Waals surface area contributed by atoms with Crippen LogP contribution in [0.25, 0.3) is 0 Å². The summed E-state index contributed by atoms with van der Waals surface area (Å²) < 4.78 is 0. The number of carbonyl (C=O) groups excluding carboxylic acids is 6. The lowest BCUT2D eigenvalue weighted by Gasteiger charge is -2.31. The van der Waals surface area contributed by atoms with Crippen LogP contribution in [-0.2, 0) is 33.6 Å². The first-order valence-corrected chi connectivity index (χ1v) is 15.4. The molecule has 0 aromatic carbocycles. The molecular weight excluding hydrogens is 620 g/mol. The summed E-state index contributed by atoms with van der Waals surface area (Å²) in [6, 6.07) is -7.47. The Hall–Kier alpha value is -4.52. The minimum absolute atomic E-state index is 0.0541. The number of nitrogens with zero attached hydrogens (tertiary/aromatic N) is 2. The van der Waals surface area contributed by atoms with Crippen molar-refractivity contribution in [3.05, 3.63) is 0 Å². The highest BCUT2D eigenvalue weighted by Gasteiger charge is 2.40. The van der Waals surface area contributed by atoms with Gasteiger partial charge in [-0.05, 0) is 45.4 Å². The van der Waals surface area contributed by atoms with Gasteiger partial charge in [0.05, 0.1) is 18.6 Å². The van der Waals surface area contributed by atoms with Crippen molar-refractivity contribution in [1.82, 2.24) is 26.2 Å². The van der Waals surface area contributed by atoms with Gasteiger partial charge < -0.3 is 59.3 Å². The SMILES string of the molecule is CC[C@H](C)[C@H](NC(=O)[C@H](C)N)C(=O)N[C@@H](CCCN=C(N)N)C(=O)N1CCC[C@H]1C(=O)N[C@@H](CC(=O)O)C(=O)N[C@H](C(N)=O)[C@@H](C)O. The molecule has 6 amide bonds. The van der Waals surface area contributed by atoms with E-state index in [9.17, 15) is 43.8 Å². The summed E-state index contributed by atoms with van der Waals surface area (Å²) >= 11 is 0. The third-order valence-electron chi connectivity index (χ3n) is 7.70. The molecule has 0 unspecified atom stereocenters. The maximum Gasteiger partial charge on any atom is 0.305 e. The molecule has 0 spiro atoms. The van der Waals surface area contributed by atoms with Crippen molar-refractivity contribution >= 4 is 47.4 Å². The van der Waals surface area contributed by atoms with Crippen molar-refractivity contribution in [3.8, 4) is 0 Å². The molecule has 1 aliphatic heterocycles. The second-order valence-corrected chi connectivity index (χ2v) is 11.6. The van der Waals surface area contributed by atoms with Gasteiger partial charge in [0.25, 0.3) is 0 Å². The van der Waals surface area contributed by atoms with Gasteiger partial charge in [0, 0.05) is 13.1 Å². The minimum Gasteiger partial charge on any atom is -0.481 e. The van der Waals surface area contributed by atoms with Crippen LogP contribution in [0.3, 0.4) is 0 Å². The maximum atomic E-state index is 13.9. The number of rotatable bonds is 19. The molecule has 0 saturated carbocycles. The van der Waals surface area contributed by atoms with Gasteiger partial charge in [-0.25, -0.2) is 0 Å². The monoisotopic (exact) mass is 670 g/mol. The first kappa shape index (κ1) is 40.5. The first-order valence-electron chi connectivity index (χ1n) is 15.4. The zero-order valence-corrected chi connectivity index (χ0v) is 27.2. The molecule has 1 saturated heterocycles. The van der Waals surface area contributed by atoms with E-state index in [0.29, 0.717) is 12.8 Å². The van der Waals surface area contributed by atoms with Crippen LogP contribution in [0.2, 0.25) is 0 Å². The molecule has 8 atom stereocenters. The van der Waals surface area contributed by atoms with Gasteiger partial charge in [-0.2, -0.15) is 0 Å². The van der Waals surface area contributed by atoms with E-state index < -0.39 is 90.2 Å². The summed E-state index contributed by atoms with van der Waals surface area (Å²) in [4.78, 5) is 94.2. The largest absolute Gasteiger partial charge is 0.481 e. The van der Waals surface area contributed by atoms with E-state index in [4.69, 9.17) is 22.9 Å². The summed E-state index contributed by atoms with van der Waals surface area (Å²) in [5.74, 6) is -6.81. The molecule has 1 aliphatic rings. The Morgan fingerprint density at radius 2 is 1.51 bits per heavy atom. The third-order valence-corrected chi connectivity index (χ3v) is 7.70. The molecule has 1 rings (SSSR count). The lowest BCUT2D eigenvalue weighted by molar-refractivity contribution is -0.144. The molecule has 19 heteroatoms. The number of amides is 6. The molecule has 1 heterocycles. The van der Waals surface area contributed by atoms with Gasteiger partial charge in [-0.3, -0.25) is 38.6 Å². The molecule has 47 heavy (non-hydrogen) atoms. The van der Waals surface area contributed by atoms with E-state index in [2.05, 4.69) is 26.3 Å². The van der Waals surface area contributed by atoms with E-state index in [0.717, 1.165) is 0 Å². The summed E-state index contributed by atoms with van der Waals surface area (Å²) in [6.45, 7) is 6.46. The van der Waals surface area contributed by atoms with Gasteiger partial charge in [0.1, 0.15) is 30.2 Å². The number of carboxylic acid groups (broad SMARTS) is 1. The van der Waals surface area contributed by atoms with Crippen LogP contribution in [0.1, 0.15) is 66.2 Å². The van der Waals surface area contributed by atoms with E-state index in [1.54, 1.807) is 6.92 Å². The number of carbonyl (C=O) groups is 7. The van der Waals surface area contributed by atoms with Crippen LogP contribution in [0.15, 0.2) is 4.99 Å². The number of nitrogens with two attached hydrogens (primary N) is 4. The summed E-state index contributed by atoms with van der Waals surface area (Å²) in [5, 5.41) is 28.9. The number of aliphatic hydroxyl groups is 1. The number of nitrogens with one attached hydrogen (secondary N) is 4. The average Bonchev–Trinajstić information content (AvgIpc) is 3.48. The number of aliphatic imine (C=N–C) groups is 1. The normalized spacial score (nSPS) is 18.7. The molecular formula is C28H50N10O9. The number of guanidine groups is 1. The quantitative estimate of drug-likeness (QED) is 0.0354. The van der Waals surface area contributed by atoms with Gasteiger partial charge >= 0.3 is 5.97 Å². The Kier molecular flexibility index (Phi) is 16.6. The zero-order chi connectivity index (χ0) is 36.0. The highest BCUT2D eigenvalue weighted by atomic mass is 16.4. The molecule has 0 aliphatic carbocycles. The van der Waals surface area contributed by atoms with Crippen LogP contribution >= 0.6 is 0 Å². The number of hydrogen-bond acceptors (Lipinski definition) is 10. The number of hydrogen-bond donors (Lipinski definition) is 10. The van der Waals surface area contributed by atoms with Crippen molar-refractivity contribution in [1.29, 1.82) is 0 Å². The van der Waals surface area contributed by atoms with Crippen LogP contribution in [0.5, 0.6) is 0 Å². The zero-order valence-electron chi connectivity index (χ0n) is 27.2. The highest BCUT2D eigenvalue weighted by Crippen LogP contribution is 2.21. The molecule has 1 fully saturated rings. The second kappa shape index (κ2) is 19.2. The van der Waals surface area contributed by atoms with Crippen LogP contribution < -0.4 is 44.2 Å². The Morgan fingerprint density at radius 3 is 2.02 bits per heavy atom. The van der Waals surface area contributed by atoms with Crippen molar-refractivity contribution in [2.75, 3.05) is 13.1 Å². The third kappa shape index (κ3) is 13.0. The molecule has 19 nitrogen and oxygen atoms in total. The lowest BCUT2D eigenvalue weighted by atomic mass is 9.97. The smallest absolute Gasteiger partial charge is 0.305 e. The molecule has 266 valence electrons. The Balaban J connectivity index is 3.27. The summed E-state index contributed by atoms with van der Waals surface area (Å²) in [6.07, 6.45) is -0.936. The van der Waals surface area contributed by atoms with Crippen LogP contribution in [-0.4, -0.2) is 118 Å². The van der Waals surface area contributed by atoms with Crippen molar-refractivity contribution in [2.24, 2.45) is 33.8 Å². The average molecular weight is 671 g/mol. The number of aliphatic hydroxyl groups excluding tert-OH is 1. The number of primary amides is 1. The fraction of sp³-hybridized carbons (Fsp3) is 0.714. The molecule has 0 aromatic heterocycles. The Bertz CT molecular complexity index is 1180. The predicted octanol–water partition coefficient (Wildman–Crippen LogP) is -4.30. The second-order valence-electron chi connectivity index (χ2n) is 11.6.